The van der Waals surface area contributed by atoms with Crippen molar-refractivity contribution >= 4 is 29.3 Å². The Morgan fingerprint density at radius 1 is 1.35 bits per heavy atom. The maximum atomic E-state index is 10.3. The molecule has 94 valence electrons. The van der Waals surface area contributed by atoms with Crippen LogP contribution in [0, 0.1) is 0 Å². The molecule has 0 saturated carbocycles. The Hall–Kier alpha value is -1.66. The molecule has 0 aliphatic carbocycles. The van der Waals surface area contributed by atoms with Crippen LogP contribution in [0.2, 0.25) is 0 Å². The Kier molecular flexibility index (Phi) is 7.66. The van der Waals surface area contributed by atoms with Crippen molar-refractivity contribution in [2.24, 2.45) is 5.73 Å². The number of hydrazine groups is 1. The summed E-state index contributed by atoms with van der Waals surface area (Å²) in [6.45, 7) is 0. The van der Waals surface area contributed by atoms with Crippen LogP contribution in [-0.2, 0) is 0 Å². The molecule has 0 heterocycles. The van der Waals surface area contributed by atoms with Gasteiger partial charge in [0.05, 0.1) is 0 Å². The Labute approximate surface area is 107 Å². The van der Waals surface area contributed by atoms with Gasteiger partial charge in [-0.1, -0.05) is 0 Å². The third kappa shape index (κ3) is 7.26. The predicted molar refractivity (Wildman–Crippen MR) is 75.1 cm³/mol. The number of anilines is 1. The van der Waals surface area contributed by atoms with Crippen molar-refractivity contribution in [1.29, 1.82) is 0 Å². The molecule has 0 aliphatic heterocycles. The van der Waals surface area contributed by atoms with Crippen LogP contribution in [-0.4, -0.2) is 32.5 Å². The standard InChI is InChI=1S/C9H11NO.C2H7N3S/c1-10(2)9-5-3-8(7-11)4-6-9;1-4-5-2(3)6/h3-7H,1-2H3;4H,1H3,(H3,3,5,6). The van der Waals surface area contributed by atoms with Crippen LogP contribution in [0.25, 0.3) is 0 Å². The third-order valence-electron chi connectivity index (χ3n) is 1.79. The summed E-state index contributed by atoms with van der Waals surface area (Å²) in [7, 11) is 5.63. The topological polar surface area (TPSA) is 70.4 Å². The SMILES string of the molecule is CN(C)c1ccc(C=O)cc1.CNNC(N)=S. The number of nitrogens with zero attached hydrogens (tertiary/aromatic N) is 1. The summed E-state index contributed by atoms with van der Waals surface area (Å²) >= 11 is 4.40. The van der Waals surface area contributed by atoms with E-state index in [9.17, 15) is 4.79 Å². The minimum Gasteiger partial charge on any atom is -0.378 e. The van der Waals surface area contributed by atoms with Crippen molar-refractivity contribution in [3.8, 4) is 0 Å². The van der Waals surface area contributed by atoms with Crippen LogP contribution in [0.1, 0.15) is 10.4 Å². The Morgan fingerprint density at radius 2 is 1.88 bits per heavy atom. The van der Waals surface area contributed by atoms with Crippen LogP contribution in [0.4, 0.5) is 5.69 Å². The normalized spacial score (nSPS) is 8.65. The lowest BCUT2D eigenvalue weighted by atomic mass is 10.2. The van der Waals surface area contributed by atoms with Crippen molar-refractivity contribution in [2.75, 3.05) is 26.0 Å². The molecule has 1 rings (SSSR count). The Bertz CT molecular complexity index is 351. The number of rotatable bonds is 3. The number of nitrogens with two attached hydrogens (primary N) is 1. The lowest BCUT2D eigenvalue weighted by molar-refractivity contribution is 0.112. The van der Waals surface area contributed by atoms with Gasteiger partial charge in [-0.25, -0.2) is 5.43 Å². The minimum atomic E-state index is 0.262. The zero-order valence-corrected chi connectivity index (χ0v) is 11.0. The van der Waals surface area contributed by atoms with Crippen LogP contribution in [0.5, 0.6) is 0 Å². The van der Waals surface area contributed by atoms with Crippen LogP contribution < -0.4 is 21.5 Å². The van der Waals surface area contributed by atoms with E-state index in [1.165, 1.54) is 0 Å². The van der Waals surface area contributed by atoms with Gasteiger partial charge in [0.25, 0.3) is 0 Å². The van der Waals surface area contributed by atoms with Gasteiger partial charge in [-0.05, 0) is 36.5 Å². The summed E-state index contributed by atoms with van der Waals surface area (Å²) in [4.78, 5) is 12.3. The van der Waals surface area contributed by atoms with Gasteiger partial charge in [0, 0.05) is 32.4 Å². The number of nitrogens with one attached hydrogen (secondary N) is 2. The molecule has 0 unspecified atom stereocenters. The average molecular weight is 254 g/mol. The molecular weight excluding hydrogens is 236 g/mol. The van der Waals surface area contributed by atoms with Crippen molar-refractivity contribution in [3.05, 3.63) is 29.8 Å². The smallest absolute Gasteiger partial charge is 0.178 e. The molecule has 0 radical (unpaired) electrons. The van der Waals surface area contributed by atoms with E-state index in [2.05, 4.69) is 23.1 Å². The first-order valence-electron chi connectivity index (χ1n) is 4.96. The zero-order chi connectivity index (χ0) is 13.3. The molecule has 0 saturated heterocycles. The first kappa shape index (κ1) is 15.3. The number of aldehydes is 1. The molecule has 0 aromatic heterocycles. The number of benzene rings is 1. The second-order valence-corrected chi connectivity index (χ2v) is 3.78. The van der Waals surface area contributed by atoms with Crippen LogP contribution in [0.3, 0.4) is 0 Å². The number of carbonyl (C=O) groups is 1. The van der Waals surface area contributed by atoms with Gasteiger partial charge >= 0.3 is 0 Å². The highest BCUT2D eigenvalue weighted by molar-refractivity contribution is 7.80. The van der Waals surface area contributed by atoms with Gasteiger partial charge in [-0.15, -0.1) is 0 Å². The molecule has 4 N–H and O–H groups in total. The van der Waals surface area contributed by atoms with Gasteiger partial charge in [-0.3, -0.25) is 10.2 Å². The van der Waals surface area contributed by atoms with Crippen LogP contribution in [0.15, 0.2) is 24.3 Å². The average Bonchev–Trinajstić information content (AvgIpc) is 2.29. The predicted octanol–water partition coefficient (Wildman–Crippen LogP) is 0.519. The molecule has 0 bridgehead atoms. The van der Waals surface area contributed by atoms with E-state index in [1.54, 1.807) is 7.05 Å². The Morgan fingerprint density at radius 3 is 2.12 bits per heavy atom. The molecular formula is C11H18N4OS. The van der Waals surface area contributed by atoms with Crippen molar-refractivity contribution in [3.63, 3.8) is 0 Å². The number of hydrogen-bond acceptors (Lipinski definition) is 4. The molecule has 17 heavy (non-hydrogen) atoms. The molecule has 0 atom stereocenters. The first-order chi connectivity index (χ1) is 8.01. The van der Waals surface area contributed by atoms with Crippen molar-refractivity contribution in [2.45, 2.75) is 0 Å². The minimum absolute atomic E-state index is 0.262. The quantitative estimate of drug-likeness (QED) is 0.415. The van der Waals surface area contributed by atoms with Crippen molar-refractivity contribution < 1.29 is 4.79 Å². The fourth-order valence-corrected chi connectivity index (χ4v) is 1.08. The fourth-order valence-electron chi connectivity index (χ4n) is 0.974. The lowest BCUT2D eigenvalue weighted by Crippen LogP contribution is -2.37. The second kappa shape index (κ2) is 8.49. The summed E-state index contributed by atoms with van der Waals surface area (Å²) in [6, 6.07) is 7.46. The van der Waals surface area contributed by atoms with Crippen LogP contribution >= 0.6 is 12.2 Å². The van der Waals surface area contributed by atoms with E-state index in [4.69, 9.17) is 5.73 Å². The number of hydrogen-bond donors (Lipinski definition) is 3. The second-order valence-electron chi connectivity index (χ2n) is 3.34. The summed E-state index contributed by atoms with van der Waals surface area (Å²) in [5, 5.41) is 0.262. The molecule has 1 aromatic carbocycles. The molecule has 0 fully saturated rings. The highest BCUT2D eigenvalue weighted by Crippen LogP contribution is 2.10. The summed E-state index contributed by atoms with van der Waals surface area (Å²) in [5.74, 6) is 0. The zero-order valence-electron chi connectivity index (χ0n) is 10.2. The highest BCUT2D eigenvalue weighted by atomic mass is 32.1. The fraction of sp³-hybridized carbons (Fsp3) is 0.273. The lowest BCUT2D eigenvalue weighted by Gasteiger charge is -2.11. The van der Waals surface area contributed by atoms with Gasteiger partial charge in [0.15, 0.2) is 5.11 Å². The number of thiocarbonyl (C=S) groups is 1. The molecule has 6 heteroatoms. The maximum Gasteiger partial charge on any atom is 0.178 e. The highest BCUT2D eigenvalue weighted by Gasteiger charge is 1.93. The Balaban J connectivity index is 0.000000366. The van der Waals surface area contributed by atoms with E-state index < -0.39 is 0 Å². The van der Waals surface area contributed by atoms with E-state index in [0.29, 0.717) is 0 Å². The molecule has 0 amide bonds. The van der Waals surface area contributed by atoms with Crippen molar-refractivity contribution in [1.82, 2.24) is 10.9 Å². The number of carbonyl (C=O) groups excluding carboxylic acids is 1. The molecule has 0 aliphatic rings. The van der Waals surface area contributed by atoms with Gasteiger partial charge in [0.1, 0.15) is 6.29 Å². The molecule has 5 nitrogen and oxygen atoms in total. The van der Waals surface area contributed by atoms with E-state index >= 15 is 0 Å². The van der Waals surface area contributed by atoms with Gasteiger partial charge < -0.3 is 10.6 Å². The largest absolute Gasteiger partial charge is 0.378 e. The molecule has 0 spiro atoms. The van der Waals surface area contributed by atoms with E-state index in [1.807, 2.05) is 43.3 Å². The molecule has 1 aromatic rings. The maximum absolute atomic E-state index is 10.3. The summed E-state index contributed by atoms with van der Waals surface area (Å²) in [6.07, 6.45) is 0.847. The van der Waals surface area contributed by atoms with E-state index in [0.717, 1.165) is 17.5 Å². The monoisotopic (exact) mass is 254 g/mol. The summed E-state index contributed by atoms with van der Waals surface area (Å²) < 4.78 is 0. The summed E-state index contributed by atoms with van der Waals surface area (Å²) in [5.41, 5.74) is 11.8. The van der Waals surface area contributed by atoms with Gasteiger partial charge in [-0.2, -0.15) is 0 Å². The van der Waals surface area contributed by atoms with Gasteiger partial charge in [0.2, 0.25) is 0 Å². The van der Waals surface area contributed by atoms with E-state index in [-0.39, 0.29) is 5.11 Å². The third-order valence-corrected chi connectivity index (χ3v) is 1.90. The first-order valence-corrected chi connectivity index (χ1v) is 5.36.